The highest BCUT2D eigenvalue weighted by Gasteiger charge is 2.33. The van der Waals surface area contributed by atoms with Crippen molar-refractivity contribution in [2.45, 2.75) is 19.1 Å². The Kier molecular flexibility index (Phi) is 5.62. The van der Waals surface area contributed by atoms with Gasteiger partial charge in [0, 0.05) is 18.4 Å². The van der Waals surface area contributed by atoms with Crippen LogP contribution in [0.5, 0.6) is 5.75 Å². The van der Waals surface area contributed by atoms with Crippen molar-refractivity contribution in [2.24, 2.45) is 0 Å². The molecule has 1 aliphatic rings. The van der Waals surface area contributed by atoms with Crippen LogP contribution in [0.2, 0.25) is 5.02 Å². The lowest BCUT2D eigenvalue weighted by atomic mass is 10.2. The number of benzene rings is 2. The summed E-state index contributed by atoms with van der Waals surface area (Å²) in [4.78, 5) is 18.4. The minimum atomic E-state index is -0.439. The van der Waals surface area contributed by atoms with Gasteiger partial charge in [-0.05, 0) is 48.9 Å². The standard InChI is InChI=1S/C22H19ClFN3O2/c23-17-13-15(8-9-21(17)29-14-16-5-3-4-11-25-16)26-19-10-12-27(22(19)28)20-7-2-1-6-18(20)24/h1-9,11,13,19,26H,10,12,14H2/t19-/m0/s1. The molecule has 2 heterocycles. The number of halogens is 2. The molecule has 1 amide bonds. The summed E-state index contributed by atoms with van der Waals surface area (Å²) in [7, 11) is 0. The molecule has 0 bridgehead atoms. The Labute approximate surface area is 173 Å². The average molecular weight is 412 g/mol. The van der Waals surface area contributed by atoms with E-state index >= 15 is 0 Å². The smallest absolute Gasteiger partial charge is 0.249 e. The highest BCUT2D eigenvalue weighted by molar-refractivity contribution is 6.32. The maximum atomic E-state index is 14.0. The minimum absolute atomic E-state index is 0.165. The fraction of sp³-hybridized carbons (Fsp3) is 0.182. The molecule has 1 aromatic heterocycles. The number of anilines is 2. The van der Waals surface area contributed by atoms with Crippen LogP contribution in [-0.2, 0) is 11.4 Å². The third-order valence-electron chi connectivity index (χ3n) is 4.72. The van der Waals surface area contributed by atoms with Crippen molar-refractivity contribution in [1.29, 1.82) is 0 Å². The van der Waals surface area contributed by atoms with E-state index in [2.05, 4.69) is 10.3 Å². The van der Waals surface area contributed by atoms with E-state index in [1.54, 1.807) is 42.6 Å². The number of para-hydroxylation sites is 1. The number of aromatic nitrogens is 1. The third kappa shape index (κ3) is 4.32. The molecule has 0 saturated carbocycles. The number of hydrogen-bond donors (Lipinski definition) is 1. The molecule has 0 unspecified atom stereocenters. The Morgan fingerprint density at radius 3 is 2.76 bits per heavy atom. The van der Waals surface area contributed by atoms with Crippen molar-refractivity contribution in [3.8, 4) is 5.75 Å². The number of nitrogens with one attached hydrogen (secondary N) is 1. The van der Waals surface area contributed by atoms with Gasteiger partial charge in [-0.3, -0.25) is 9.78 Å². The van der Waals surface area contributed by atoms with Crippen LogP contribution in [0.1, 0.15) is 12.1 Å². The topological polar surface area (TPSA) is 54.5 Å². The summed E-state index contributed by atoms with van der Waals surface area (Å²) in [5.41, 5.74) is 1.81. The normalized spacial score (nSPS) is 16.1. The summed E-state index contributed by atoms with van der Waals surface area (Å²) >= 11 is 6.33. The van der Waals surface area contributed by atoms with Crippen molar-refractivity contribution >= 4 is 28.9 Å². The van der Waals surface area contributed by atoms with Crippen molar-refractivity contribution in [3.63, 3.8) is 0 Å². The highest BCUT2D eigenvalue weighted by atomic mass is 35.5. The highest BCUT2D eigenvalue weighted by Crippen LogP contribution is 2.30. The van der Waals surface area contributed by atoms with Crippen LogP contribution < -0.4 is 15.0 Å². The summed E-state index contributed by atoms with van der Waals surface area (Å²) in [6.45, 7) is 0.766. The first kappa shape index (κ1) is 19.2. The number of rotatable bonds is 6. The molecule has 29 heavy (non-hydrogen) atoms. The molecule has 0 aliphatic carbocycles. The van der Waals surface area contributed by atoms with Gasteiger partial charge >= 0.3 is 0 Å². The van der Waals surface area contributed by atoms with Crippen LogP contribution in [0, 0.1) is 5.82 Å². The van der Waals surface area contributed by atoms with Crippen LogP contribution in [0.15, 0.2) is 66.9 Å². The first-order valence-electron chi connectivity index (χ1n) is 9.26. The predicted molar refractivity (Wildman–Crippen MR) is 111 cm³/mol. The molecule has 1 atom stereocenters. The molecule has 2 aromatic carbocycles. The van der Waals surface area contributed by atoms with E-state index < -0.39 is 11.9 Å². The van der Waals surface area contributed by atoms with Gasteiger partial charge in [0.05, 0.1) is 16.4 Å². The fourth-order valence-electron chi connectivity index (χ4n) is 3.27. The monoisotopic (exact) mass is 411 g/mol. The first-order valence-corrected chi connectivity index (χ1v) is 9.64. The summed E-state index contributed by atoms with van der Waals surface area (Å²) in [5, 5.41) is 3.62. The Hall–Kier alpha value is -3.12. The Bertz CT molecular complexity index is 1020. The van der Waals surface area contributed by atoms with Gasteiger partial charge in [0.2, 0.25) is 5.91 Å². The number of carbonyl (C=O) groups is 1. The zero-order valence-corrected chi connectivity index (χ0v) is 16.3. The van der Waals surface area contributed by atoms with E-state index in [-0.39, 0.29) is 5.91 Å². The van der Waals surface area contributed by atoms with E-state index in [1.807, 2.05) is 18.2 Å². The fourth-order valence-corrected chi connectivity index (χ4v) is 3.50. The molecule has 7 heteroatoms. The van der Waals surface area contributed by atoms with Crippen molar-refractivity contribution in [3.05, 3.63) is 83.4 Å². The number of carbonyl (C=O) groups excluding carboxylic acids is 1. The van der Waals surface area contributed by atoms with Gasteiger partial charge in [0.15, 0.2) is 0 Å². The second-order valence-electron chi connectivity index (χ2n) is 6.68. The van der Waals surface area contributed by atoms with Gasteiger partial charge in [-0.1, -0.05) is 29.8 Å². The quantitative estimate of drug-likeness (QED) is 0.640. The lowest BCUT2D eigenvalue weighted by Gasteiger charge is -2.18. The summed E-state index contributed by atoms with van der Waals surface area (Å²) in [6, 6.07) is 16.7. The molecule has 0 spiro atoms. The molecular weight excluding hydrogens is 393 g/mol. The predicted octanol–water partition coefficient (Wildman–Crippen LogP) is 4.67. The molecule has 148 valence electrons. The molecule has 1 aliphatic heterocycles. The molecule has 3 aromatic rings. The van der Waals surface area contributed by atoms with Gasteiger partial charge in [-0.25, -0.2) is 4.39 Å². The van der Waals surface area contributed by atoms with E-state index in [0.717, 1.165) is 5.69 Å². The maximum Gasteiger partial charge on any atom is 0.249 e. The number of pyridine rings is 1. The lowest BCUT2D eigenvalue weighted by molar-refractivity contribution is -0.117. The van der Waals surface area contributed by atoms with Crippen molar-refractivity contribution in [2.75, 3.05) is 16.8 Å². The SMILES string of the molecule is O=C1[C@@H](Nc2ccc(OCc3ccccn3)c(Cl)c2)CCN1c1ccccc1F. The molecule has 1 N–H and O–H groups in total. The second kappa shape index (κ2) is 8.49. The van der Waals surface area contributed by atoms with Gasteiger partial charge < -0.3 is 15.0 Å². The van der Waals surface area contributed by atoms with Gasteiger partial charge in [0.25, 0.3) is 0 Å². The van der Waals surface area contributed by atoms with Crippen LogP contribution >= 0.6 is 11.6 Å². The lowest BCUT2D eigenvalue weighted by Crippen LogP contribution is -2.33. The van der Waals surface area contributed by atoms with Gasteiger partial charge in [0.1, 0.15) is 24.2 Å². The van der Waals surface area contributed by atoms with Crippen LogP contribution in [0.4, 0.5) is 15.8 Å². The Balaban J connectivity index is 1.40. The minimum Gasteiger partial charge on any atom is -0.486 e. The zero-order valence-electron chi connectivity index (χ0n) is 15.5. The van der Waals surface area contributed by atoms with Crippen LogP contribution in [-0.4, -0.2) is 23.5 Å². The molecule has 5 nitrogen and oxygen atoms in total. The Morgan fingerprint density at radius 2 is 2.00 bits per heavy atom. The van der Waals surface area contributed by atoms with Crippen molar-refractivity contribution in [1.82, 2.24) is 4.98 Å². The second-order valence-corrected chi connectivity index (χ2v) is 7.09. The number of amides is 1. The first-order chi connectivity index (χ1) is 14.1. The average Bonchev–Trinajstić information content (AvgIpc) is 3.08. The van der Waals surface area contributed by atoms with E-state index in [9.17, 15) is 9.18 Å². The van der Waals surface area contributed by atoms with E-state index in [1.165, 1.54) is 11.0 Å². The molecule has 1 fully saturated rings. The van der Waals surface area contributed by atoms with Crippen LogP contribution in [0.3, 0.4) is 0 Å². The van der Waals surface area contributed by atoms with E-state index in [4.69, 9.17) is 16.3 Å². The van der Waals surface area contributed by atoms with Gasteiger partial charge in [-0.2, -0.15) is 0 Å². The largest absolute Gasteiger partial charge is 0.486 e. The summed E-state index contributed by atoms with van der Waals surface area (Å²) in [5.74, 6) is -0.0331. The number of nitrogens with zero attached hydrogens (tertiary/aromatic N) is 2. The number of hydrogen-bond acceptors (Lipinski definition) is 4. The number of ether oxygens (including phenoxy) is 1. The Morgan fingerprint density at radius 1 is 1.17 bits per heavy atom. The molecule has 1 saturated heterocycles. The van der Waals surface area contributed by atoms with Crippen LogP contribution in [0.25, 0.3) is 0 Å². The maximum absolute atomic E-state index is 14.0. The third-order valence-corrected chi connectivity index (χ3v) is 5.02. The molecular formula is C22H19ClFN3O2. The van der Waals surface area contributed by atoms with Gasteiger partial charge in [-0.15, -0.1) is 0 Å². The summed E-state index contributed by atoms with van der Waals surface area (Å²) < 4.78 is 19.7. The molecule has 0 radical (unpaired) electrons. The van der Waals surface area contributed by atoms with E-state index in [0.29, 0.717) is 41.7 Å². The van der Waals surface area contributed by atoms with Crippen molar-refractivity contribution < 1.29 is 13.9 Å². The summed E-state index contributed by atoms with van der Waals surface area (Å²) in [6.07, 6.45) is 2.28. The zero-order chi connectivity index (χ0) is 20.2. The molecule has 4 rings (SSSR count).